The van der Waals surface area contributed by atoms with Crippen molar-refractivity contribution in [1.29, 1.82) is 0 Å². The van der Waals surface area contributed by atoms with Gasteiger partial charge in [-0.25, -0.2) is 9.67 Å². The molecule has 0 bridgehead atoms. The first-order valence-electron chi connectivity index (χ1n) is 9.51. The van der Waals surface area contributed by atoms with Gasteiger partial charge >= 0.3 is 0 Å². The highest BCUT2D eigenvalue weighted by molar-refractivity contribution is 6.30. The Kier molecular flexibility index (Phi) is 5.68. The van der Waals surface area contributed by atoms with E-state index in [4.69, 9.17) is 11.6 Å². The summed E-state index contributed by atoms with van der Waals surface area (Å²) in [5.41, 5.74) is 2.65. The first kappa shape index (κ1) is 20.5. The summed E-state index contributed by atoms with van der Waals surface area (Å²) in [5, 5.41) is 11.4. The van der Waals surface area contributed by atoms with E-state index >= 15 is 0 Å². The lowest BCUT2D eigenvalue weighted by Crippen LogP contribution is -2.28. The molecule has 31 heavy (non-hydrogen) atoms. The normalized spacial score (nSPS) is 10.9. The molecule has 0 radical (unpaired) electrons. The average Bonchev–Trinajstić information content (AvgIpc) is 3.15. The predicted octanol–water partition coefficient (Wildman–Crippen LogP) is 2.39. The lowest BCUT2D eigenvalue weighted by Gasteiger charge is -2.13. The third kappa shape index (κ3) is 4.56. The van der Waals surface area contributed by atoms with Crippen LogP contribution in [0, 0.1) is 0 Å². The van der Waals surface area contributed by atoms with E-state index in [0.717, 1.165) is 11.3 Å². The maximum atomic E-state index is 12.8. The van der Waals surface area contributed by atoms with Crippen molar-refractivity contribution in [2.45, 2.75) is 13.1 Å². The zero-order valence-electron chi connectivity index (χ0n) is 17.0. The fraction of sp³-hybridized carbons (Fsp3) is 0.190. The smallest absolute Gasteiger partial charge is 0.283 e. The Morgan fingerprint density at radius 1 is 1.10 bits per heavy atom. The molecule has 10 heteroatoms. The highest BCUT2D eigenvalue weighted by Crippen LogP contribution is 2.16. The van der Waals surface area contributed by atoms with Gasteiger partial charge in [0.2, 0.25) is 5.91 Å². The van der Waals surface area contributed by atoms with Crippen LogP contribution in [0.3, 0.4) is 0 Å². The topological polar surface area (TPSA) is 97.9 Å². The quantitative estimate of drug-likeness (QED) is 0.497. The van der Waals surface area contributed by atoms with E-state index in [1.807, 2.05) is 43.3 Å². The van der Waals surface area contributed by atoms with E-state index in [9.17, 15) is 9.59 Å². The second kappa shape index (κ2) is 8.57. The molecule has 2 heterocycles. The molecule has 0 atom stereocenters. The van der Waals surface area contributed by atoms with E-state index in [-0.39, 0.29) is 18.0 Å². The second-order valence-electron chi connectivity index (χ2n) is 7.21. The number of nitrogens with zero attached hydrogens (tertiary/aromatic N) is 6. The van der Waals surface area contributed by atoms with E-state index < -0.39 is 5.56 Å². The van der Waals surface area contributed by atoms with Gasteiger partial charge < -0.3 is 10.2 Å². The summed E-state index contributed by atoms with van der Waals surface area (Å²) >= 11 is 5.91. The fourth-order valence-corrected chi connectivity index (χ4v) is 3.19. The van der Waals surface area contributed by atoms with Crippen LogP contribution in [0.4, 0.5) is 11.4 Å². The van der Waals surface area contributed by atoms with E-state index in [0.29, 0.717) is 22.9 Å². The SMILES string of the molecule is CN(C)c1ccc(NC(=O)Cn2cnc3c(nnn3Cc3ccc(Cl)cc3)c2=O)cc1. The van der Waals surface area contributed by atoms with Crippen LogP contribution in [0.5, 0.6) is 0 Å². The number of amides is 1. The molecule has 0 fully saturated rings. The molecule has 4 rings (SSSR count). The highest BCUT2D eigenvalue weighted by atomic mass is 35.5. The molecule has 4 aromatic rings. The van der Waals surface area contributed by atoms with Crippen molar-refractivity contribution in [3.63, 3.8) is 0 Å². The van der Waals surface area contributed by atoms with Gasteiger partial charge in [-0.1, -0.05) is 28.9 Å². The van der Waals surface area contributed by atoms with Gasteiger partial charge in [0.15, 0.2) is 11.2 Å². The zero-order valence-corrected chi connectivity index (χ0v) is 17.7. The molecule has 0 spiro atoms. The van der Waals surface area contributed by atoms with Gasteiger partial charge in [-0.3, -0.25) is 14.2 Å². The number of rotatable bonds is 6. The Balaban J connectivity index is 1.49. The maximum absolute atomic E-state index is 12.8. The van der Waals surface area contributed by atoms with Crippen LogP contribution in [0.15, 0.2) is 59.7 Å². The lowest BCUT2D eigenvalue weighted by atomic mass is 10.2. The molecule has 0 unspecified atom stereocenters. The number of fused-ring (bicyclic) bond motifs is 1. The number of benzene rings is 2. The van der Waals surface area contributed by atoms with Gasteiger partial charge in [0.25, 0.3) is 5.56 Å². The Hall–Kier alpha value is -3.72. The number of aromatic nitrogens is 5. The standard InChI is InChI=1S/C21H20ClN7O2/c1-27(2)17-9-7-16(8-10-17)24-18(30)12-28-13-23-20-19(21(28)31)25-26-29(20)11-14-3-5-15(22)6-4-14/h3-10,13H,11-12H2,1-2H3,(H,24,30). The summed E-state index contributed by atoms with van der Waals surface area (Å²) < 4.78 is 2.75. The van der Waals surface area contributed by atoms with Crippen LogP contribution >= 0.6 is 11.6 Å². The number of hydrogen-bond donors (Lipinski definition) is 1. The maximum Gasteiger partial charge on any atom is 0.283 e. The second-order valence-corrected chi connectivity index (χ2v) is 7.65. The zero-order chi connectivity index (χ0) is 22.0. The van der Waals surface area contributed by atoms with Crippen LogP contribution in [0.2, 0.25) is 5.02 Å². The molecule has 1 N–H and O–H groups in total. The number of hydrogen-bond acceptors (Lipinski definition) is 6. The number of anilines is 2. The summed E-state index contributed by atoms with van der Waals surface area (Å²) in [6.45, 7) is 0.217. The molecule has 2 aromatic heterocycles. The molecule has 0 saturated carbocycles. The average molecular weight is 438 g/mol. The molecule has 9 nitrogen and oxygen atoms in total. The van der Waals surface area contributed by atoms with Crippen molar-refractivity contribution in [2.75, 3.05) is 24.3 Å². The van der Waals surface area contributed by atoms with Crippen molar-refractivity contribution in [2.24, 2.45) is 0 Å². The summed E-state index contributed by atoms with van der Waals surface area (Å²) in [5.74, 6) is -0.339. The highest BCUT2D eigenvalue weighted by Gasteiger charge is 2.14. The van der Waals surface area contributed by atoms with Gasteiger partial charge in [0, 0.05) is 30.5 Å². The largest absolute Gasteiger partial charge is 0.378 e. The summed E-state index contributed by atoms with van der Waals surface area (Å²) in [7, 11) is 3.88. The molecular weight excluding hydrogens is 418 g/mol. The molecule has 0 aliphatic rings. The van der Waals surface area contributed by atoms with E-state index in [1.165, 1.54) is 15.6 Å². The first-order chi connectivity index (χ1) is 14.9. The monoisotopic (exact) mass is 437 g/mol. The van der Waals surface area contributed by atoms with E-state index in [1.54, 1.807) is 24.3 Å². The fourth-order valence-electron chi connectivity index (χ4n) is 3.07. The van der Waals surface area contributed by atoms with Crippen molar-refractivity contribution in [3.05, 3.63) is 75.8 Å². The van der Waals surface area contributed by atoms with Crippen LogP contribution in [0.1, 0.15) is 5.56 Å². The van der Waals surface area contributed by atoms with Crippen LogP contribution < -0.4 is 15.8 Å². The van der Waals surface area contributed by atoms with Crippen molar-refractivity contribution < 1.29 is 4.79 Å². The van der Waals surface area contributed by atoms with Gasteiger partial charge in [0.05, 0.1) is 6.54 Å². The van der Waals surface area contributed by atoms with Gasteiger partial charge in [-0.2, -0.15) is 0 Å². The molecule has 0 saturated heterocycles. The molecule has 2 aromatic carbocycles. The Bertz CT molecular complexity index is 1280. The molecule has 158 valence electrons. The van der Waals surface area contributed by atoms with Crippen LogP contribution in [-0.2, 0) is 17.9 Å². The first-order valence-corrected chi connectivity index (χ1v) is 9.89. The van der Waals surface area contributed by atoms with Crippen molar-refractivity contribution in [3.8, 4) is 0 Å². The molecular formula is C21H20ClN7O2. The molecule has 1 amide bonds. The third-order valence-electron chi connectivity index (χ3n) is 4.72. The molecule has 0 aliphatic carbocycles. The van der Waals surface area contributed by atoms with E-state index in [2.05, 4.69) is 20.6 Å². The number of nitrogens with one attached hydrogen (secondary N) is 1. The van der Waals surface area contributed by atoms with Gasteiger partial charge in [0.1, 0.15) is 12.9 Å². The summed E-state index contributed by atoms with van der Waals surface area (Å²) in [6, 6.07) is 14.7. The van der Waals surface area contributed by atoms with Crippen LogP contribution in [0.25, 0.3) is 11.2 Å². The van der Waals surface area contributed by atoms with Gasteiger partial charge in [-0.15, -0.1) is 5.10 Å². The number of carbonyl (C=O) groups is 1. The number of halogens is 1. The minimum Gasteiger partial charge on any atom is -0.378 e. The Morgan fingerprint density at radius 2 is 1.81 bits per heavy atom. The van der Waals surface area contributed by atoms with Crippen molar-refractivity contribution >= 4 is 40.0 Å². The summed E-state index contributed by atoms with van der Waals surface area (Å²) in [6.07, 6.45) is 1.33. The minimum absolute atomic E-state index is 0.111. The number of carbonyl (C=O) groups excluding carboxylic acids is 1. The Labute approximate surface area is 182 Å². The minimum atomic E-state index is -0.425. The third-order valence-corrected chi connectivity index (χ3v) is 4.97. The lowest BCUT2D eigenvalue weighted by molar-refractivity contribution is -0.116. The summed E-state index contributed by atoms with van der Waals surface area (Å²) in [4.78, 5) is 31.4. The van der Waals surface area contributed by atoms with Gasteiger partial charge in [-0.05, 0) is 42.0 Å². The van der Waals surface area contributed by atoms with Crippen LogP contribution in [-0.4, -0.2) is 44.5 Å². The Morgan fingerprint density at radius 3 is 2.48 bits per heavy atom. The van der Waals surface area contributed by atoms with Crippen molar-refractivity contribution in [1.82, 2.24) is 24.5 Å². The molecule has 0 aliphatic heterocycles. The predicted molar refractivity (Wildman–Crippen MR) is 120 cm³/mol.